The molecule has 116 valence electrons. The zero-order valence-electron chi connectivity index (χ0n) is 12.2. The molecule has 1 N–H and O–H groups in total. The molecule has 1 aromatic carbocycles. The van der Waals surface area contributed by atoms with E-state index in [1.807, 2.05) is 29.9 Å². The van der Waals surface area contributed by atoms with Crippen molar-refractivity contribution in [1.29, 1.82) is 0 Å². The van der Waals surface area contributed by atoms with E-state index in [9.17, 15) is 4.79 Å². The molecule has 6 heteroatoms. The lowest BCUT2D eigenvalue weighted by Crippen LogP contribution is -2.35. The summed E-state index contributed by atoms with van der Waals surface area (Å²) in [4.78, 5) is 14.1. The lowest BCUT2D eigenvalue weighted by Gasteiger charge is -2.22. The Bertz CT molecular complexity index is 682. The van der Waals surface area contributed by atoms with Gasteiger partial charge in [-0.25, -0.2) is 4.79 Å². The maximum atomic E-state index is 12.4. The molecular weight excluding hydrogens is 321 g/mol. The van der Waals surface area contributed by atoms with E-state index < -0.39 is 0 Å². The number of nitrogens with one attached hydrogen (secondary N) is 1. The van der Waals surface area contributed by atoms with Crippen molar-refractivity contribution < 1.29 is 4.79 Å². The average Bonchev–Trinajstić information content (AvgIpc) is 2.87. The van der Waals surface area contributed by atoms with Gasteiger partial charge < -0.3 is 14.8 Å². The van der Waals surface area contributed by atoms with E-state index in [0.717, 1.165) is 5.69 Å². The highest BCUT2D eigenvalue weighted by Crippen LogP contribution is 2.25. The van der Waals surface area contributed by atoms with Crippen LogP contribution in [0.4, 0.5) is 10.5 Å². The number of nitrogens with zero attached hydrogens (tertiary/aromatic N) is 2. The second kappa shape index (κ2) is 7.38. The molecule has 2 rings (SSSR count). The summed E-state index contributed by atoms with van der Waals surface area (Å²) in [6.45, 7) is 4.61. The van der Waals surface area contributed by atoms with Gasteiger partial charge in [-0.05, 0) is 30.3 Å². The van der Waals surface area contributed by atoms with Crippen molar-refractivity contribution in [2.45, 2.75) is 6.54 Å². The van der Waals surface area contributed by atoms with Crippen LogP contribution in [0.3, 0.4) is 0 Å². The summed E-state index contributed by atoms with van der Waals surface area (Å²) < 4.78 is 1.97. The van der Waals surface area contributed by atoms with Gasteiger partial charge >= 0.3 is 6.03 Å². The monoisotopic (exact) mass is 337 g/mol. The van der Waals surface area contributed by atoms with Crippen molar-refractivity contribution in [2.75, 3.05) is 11.9 Å². The van der Waals surface area contributed by atoms with E-state index in [-0.39, 0.29) is 6.03 Å². The average molecular weight is 338 g/mol. The minimum Gasteiger partial charge on any atom is -0.353 e. The first kappa shape index (κ1) is 16.5. The van der Waals surface area contributed by atoms with Crippen molar-refractivity contribution in [3.63, 3.8) is 0 Å². The highest BCUT2D eigenvalue weighted by Gasteiger charge is 2.15. The van der Waals surface area contributed by atoms with Crippen molar-refractivity contribution >= 4 is 34.9 Å². The van der Waals surface area contributed by atoms with Crippen LogP contribution >= 0.6 is 23.2 Å². The fourth-order valence-corrected chi connectivity index (χ4v) is 2.47. The molecule has 0 saturated carbocycles. The lowest BCUT2D eigenvalue weighted by atomic mass is 10.3. The molecule has 1 aromatic heterocycles. The van der Waals surface area contributed by atoms with Gasteiger partial charge in [-0.3, -0.25) is 0 Å². The minimum atomic E-state index is -0.245. The van der Waals surface area contributed by atoms with Gasteiger partial charge in [0.05, 0.1) is 17.3 Å². The number of anilines is 1. The summed E-state index contributed by atoms with van der Waals surface area (Å²) in [5.74, 6) is 0. The van der Waals surface area contributed by atoms with E-state index in [0.29, 0.717) is 28.8 Å². The van der Waals surface area contributed by atoms with Gasteiger partial charge in [0.25, 0.3) is 0 Å². The zero-order valence-corrected chi connectivity index (χ0v) is 13.7. The fourth-order valence-electron chi connectivity index (χ4n) is 2.02. The summed E-state index contributed by atoms with van der Waals surface area (Å²) in [5, 5.41) is 3.72. The fraction of sp³-hybridized carbons (Fsp3) is 0.188. The number of rotatable bonds is 5. The maximum absolute atomic E-state index is 12.4. The first-order valence-electron chi connectivity index (χ1n) is 6.73. The standard InChI is InChI=1S/C16H17Cl2N3O/c1-3-8-21(11-13-5-4-9-20(13)2)16(22)19-15-7-6-12(17)10-14(15)18/h3-7,9-10H,1,8,11H2,2H3,(H,19,22). The number of aryl methyl sites for hydroxylation is 1. The number of aromatic nitrogens is 1. The third-order valence-electron chi connectivity index (χ3n) is 3.21. The second-order valence-corrected chi connectivity index (χ2v) is 5.68. The molecule has 0 radical (unpaired) electrons. The Morgan fingerprint density at radius 3 is 2.77 bits per heavy atom. The van der Waals surface area contributed by atoms with Gasteiger partial charge in [-0.1, -0.05) is 29.3 Å². The summed E-state index contributed by atoms with van der Waals surface area (Å²) in [5.41, 5.74) is 1.55. The van der Waals surface area contributed by atoms with Crippen molar-refractivity contribution in [1.82, 2.24) is 9.47 Å². The van der Waals surface area contributed by atoms with Crippen LogP contribution in [0.2, 0.25) is 10.0 Å². The Morgan fingerprint density at radius 2 is 2.18 bits per heavy atom. The molecule has 2 aromatic rings. The SMILES string of the molecule is C=CCN(Cc1cccn1C)C(=O)Nc1ccc(Cl)cc1Cl. The van der Waals surface area contributed by atoms with Gasteiger partial charge in [0.15, 0.2) is 0 Å². The molecule has 0 aliphatic carbocycles. The van der Waals surface area contributed by atoms with Gasteiger partial charge in [0, 0.05) is 30.5 Å². The smallest absolute Gasteiger partial charge is 0.322 e. The summed E-state index contributed by atoms with van der Waals surface area (Å²) in [6.07, 6.45) is 3.63. The number of halogens is 2. The number of carbonyl (C=O) groups excluding carboxylic acids is 1. The van der Waals surface area contributed by atoms with Crippen LogP contribution in [-0.4, -0.2) is 22.0 Å². The molecule has 22 heavy (non-hydrogen) atoms. The van der Waals surface area contributed by atoms with Crippen LogP contribution in [-0.2, 0) is 13.6 Å². The molecule has 0 bridgehead atoms. The van der Waals surface area contributed by atoms with Crippen LogP contribution in [0, 0.1) is 0 Å². The minimum absolute atomic E-state index is 0.245. The van der Waals surface area contributed by atoms with Crippen molar-refractivity contribution in [3.05, 3.63) is 64.9 Å². The summed E-state index contributed by atoms with van der Waals surface area (Å²) >= 11 is 11.9. The van der Waals surface area contributed by atoms with Crippen molar-refractivity contribution in [3.8, 4) is 0 Å². The van der Waals surface area contributed by atoms with Gasteiger partial charge in [-0.2, -0.15) is 0 Å². The number of amides is 2. The van der Waals surface area contributed by atoms with E-state index in [1.165, 1.54) is 0 Å². The number of carbonyl (C=O) groups is 1. The number of urea groups is 1. The topological polar surface area (TPSA) is 37.3 Å². The maximum Gasteiger partial charge on any atom is 0.322 e. The lowest BCUT2D eigenvalue weighted by molar-refractivity contribution is 0.214. The number of benzene rings is 1. The van der Waals surface area contributed by atoms with Crippen LogP contribution in [0.1, 0.15) is 5.69 Å². The molecule has 0 fully saturated rings. The molecule has 0 atom stereocenters. The normalized spacial score (nSPS) is 10.3. The highest BCUT2D eigenvalue weighted by atomic mass is 35.5. The number of hydrogen-bond donors (Lipinski definition) is 1. The van der Waals surface area contributed by atoms with E-state index in [2.05, 4.69) is 11.9 Å². The number of hydrogen-bond acceptors (Lipinski definition) is 1. The molecule has 1 heterocycles. The molecule has 0 saturated heterocycles. The quantitative estimate of drug-likeness (QED) is 0.798. The van der Waals surface area contributed by atoms with Gasteiger partial charge in [-0.15, -0.1) is 6.58 Å². The Balaban J connectivity index is 2.12. The summed E-state index contributed by atoms with van der Waals surface area (Å²) in [6, 6.07) is 8.61. The molecule has 0 aliphatic rings. The molecule has 2 amide bonds. The van der Waals surface area contributed by atoms with E-state index >= 15 is 0 Å². The summed E-state index contributed by atoms with van der Waals surface area (Å²) in [7, 11) is 1.94. The first-order valence-corrected chi connectivity index (χ1v) is 7.49. The van der Waals surface area contributed by atoms with Gasteiger partial charge in [0.2, 0.25) is 0 Å². The third-order valence-corrected chi connectivity index (χ3v) is 3.76. The highest BCUT2D eigenvalue weighted by molar-refractivity contribution is 6.36. The molecular formula is C16H17Cl2N3O. The predicted octanol–water partition coefficient (Wildman–Crippen LogP) is 4.55. The Hall–Kier alpha value is -1.91. The first-order chi connectivity index (χ1) is 10.5. The predicted molar refractivity (Wildman–Crippen MR) is 91.5 cm³/mol. The van der Waals surface area contributed by atoms with E-state index in [4.69, 9.17) is 23.2 Å². The largest absolute Gasteiger partial charge is 0.353 e. The molecule has 0 unspecified atom stereocenters. The zero-order chi connectivity index (χ0) is 16.1. The van der Waals surface area contributed by atoms with E-state index in [1.54, 1.807) is 29.2 Å². The second-order valence-electron chi connectivity index (χ2n) is 4.83. The van der Waals surface area contributed by atoms with Crippen LogP contribution < -0.4 is 5.32 Å². The Labute approximate surface area is 139 Å². The third kappa shape index (κ3) is 4.06. The van der Waals surface area contributed by atoms with Crippen LogP contribution in [0.5, 0.6) is 0 Å². The molecule has 4 nitrogen and oxygen atoms in total. The Morgan fingerprint density at radius 1 is 1.41 bits per heavy atom. The van der Waals surface area contributed by atoms with Crippen molar-refractivity contribution in [2.24, 2.45) is 7.05 Å². The Kier molecular flexibility index (Phi) is 5.52. The van der Waals surface area contributed by atoms with Gasteiger partial charge in [0.1, 0.15) is 0 Å². The van der Waals surface area contributed by atoms with Crippen LogP contribution in [0.15, 0.2) is 49.2 Å². The molecule has 0 spiro atoms. The van der Waals surface area contributed by atoms with Crippen LogP contribution in [0.25, 0.3) is 0 Å². The molecule has 0 aliphatic heterocycles.